The molecule has 3 rings (SSSR count). The third kappa shape index (κ3) is 4.28. The summed E-state index contributed by atoms with van der Waals surface area (Å²) in [5.74, 6) is 0.511. The van der Waals surface area contributed by atoms with E-state index >= 15 is 0 Å². The maximum absolute atomic E-state index is 14.0. The summed E-state index contributed by atoms with van der Waals surface area (Å²) in [5, 5.41) is 3.15. The Morgan fingerprint density at radius 1 is 1.30 bits per heavy atom. The van der Waals surface area contributed by atoms with Gasteiger partial charge in [0.2, 0.25) is 5.91 Å². The summed E-state index contributed by atoms with van der Waals surface area (Å²) in [6.45, 7) is 0. The number of hydrogen-bond acceptors (Lipinski definition) is 3. The quantitative estimate of drug-likeness (QED) is 0.702. The Morgan fingerprint density at radius 3 is 2.63 bits per heavy atom. The van der Waals surface area contributed by atoms with E-state index in [1.165, 1.54) is 12.1 Å². The molecule has 1 heterocycles. The average molecular weight is 388 g/mol. The minimum absolute atomic E-state index is 0.164. The second-order valence-corrected chi connectivity index (χ2v) is 6.45. The van der Waals surface area contributed by atoms with E-state index in [9.17, 15) is 9.18 Å². The smallest absolute Gasteiger partial charge is 0.225 e. The van der Waals surface area contributed by atoms with Crippen LogP contribution in [0.4, 0.5) is 4.39 Å². The van der Waals surface area contributed by atoms with Crippen LogP contribution in [0.3, 0.4) is 0 Å². The minimum atomic E-state index is -0.504. The van der Waals surface area contributed by atoms with Gasteiger partial charge in [-0.25, -0.2) is 9.37 Å². The lowest BCUT2D eigenvalue weighted by molar-refractivity contribution is -0.121. The Balaban J connectivity index is 1.87. The number of imidazole rings is 1. The molecule has 0 saturated carbocycles. The van der Waals surface area contributed by atoms with Gasteiger partial charge in [0, 0.05) is 30.0 Å². The summed E-state index contributed by atoms with van der Waals surface area (Å²) in [6.07, 6.45) is 3.29. The summed E-state index contributed by atoms with van der Waals surface area (Å²) in [5.41, 5.74) is 1.00. The van der Waals surface area contributed by atoms with Crippen LogP contribution < -0.4 is 10.1 Å². The van der Waals surface area contributed by atoms with E-state index in [-0.39, 0.29) is 22.9 Å². The molecule has 0 unspecified atom stereocenters. The first kappa shape index (κ1) is 18.9. The first-order chi connectivity index (χ1) is 13.0. The number of ether oxygens (including phenoxy) is 1. The number of halogens is 2. The maximum Gasteiger partial charge on any atom is 0.225 e. The van der Waals surface area contributed by atoms with Crippen LogP contribution in [0.25, 0.3) is 0 Å². The van der Waals surface area contributed by atoms with Crippen LogP contribution in [0.2, 0.25) is 5.02 Å². The van der Waals surface area contributed by atoms with Crippen molar-refractivity contribution in [1.82, 2.24) is 14.9 Å². The highest BCUT2D eigenvalue weighted by molar-refractivity contribution is 6.31. The molecule has 0 aliphatic carbocycles. The molecule has 0 fully saturated rings. The molecule has 1 aromatic heterocycles. The fraction of sp³-hybridized carbons (Fsp3) is 0.200. The molecule has 0 radical (unpaired) electrons. The SMILES string of the molecule is COc1ccc([C@H](NC(=O)Cc2c(F)cccc2Cl)c2nccn2C)cc1. The molecular weight excluding hydrogens is 369 g/mol. The number of rotatable bonds is 6. The van der Waals surface area contributed by atoms with Crippen molar-refractivity contribution < 1.29 is 13.9 Å². The highest BCUT2D eigenvalue weighted by Crippen LogP contribution is 2.24. The maximum atomic E-state index is 14.0. The summed E-state index contributed by atoms with van der Waals surface area (Å²) in [7, 11) is 3.43. The normalized spacial score (nSPS) is 11.9. The lowest BCUT2D eigenvalue weighted by atomic mass is 10.0. The number of hydrogen-bond donors (Lipinski definition) is 1. The zero-order chi connectivity index (χ0) is 19.4. The molecule has 2 aromatic carbocycles. The van der Waals surface area contributed by atoms with E-state index < -0.39 is 11.9 Å². The topological polar surface area (TPSA) is 56.1 Å². The lowest BCUT2D eigenvalue weighted by Gasteiger charge is -2.20. The van der Waals surface area contributed by atoms with Crippen molar-refractivity contribution in [1.29, 1.82) is 0 Å². The van der Waals surface area contributed by atoms with Gasteiger partial charge >= 0.3 is 0 Å². The summed E-state index contributed by atoms with van der Waals surface area (Å²) in [6, 6.07) is 11.2. The van der Waals surface area contributed by atoms with Crippen LogP contribution >= 0.6 is 11.6 Å². The van der Waals surface area contributed by atoms with Gasteiger partial charge in [-0.2, -0.15) is 0 Å². The highest BCUT2D eigenvalue weighted by Gasteiger charge is 2.22. The fourth-order valence-corrected chi connectivity index (χ4v) is 3.05. The molecule has 1 amide bonds. The summed E-state index contributed by atoms with van der Waals surface area (Å²) >= 11 is 6.03. The molecule has 140 valence electrons. The number of carbonyl (C=O) groups is 1. The molecule has 3 aromatic rings. The predicted octanol–water partition coefficient (Wildman–Crippen LogP) is 3.67. The number of aromatic nitrogens is 2. The predicted molar refractivity (Wildman–Crippen MR) is 101 cm³/mol. The van der Waals surface area contributed by atoms with Gasteiger partial charge in [0.15, 0.2) is 0 Å². The van der Waals surface area contributed by atoms with Crippen molar-refractivity contribution in [3.63, 3.8) is 0 Å². The number of carbonyl (C=O) groups excluding carboxylic acids is 1. The van der Waals surface area contributed by atoms with Crippen LogP contribution in [0, 0.1) is 5.82 Å². The lowest BCUT2D eigenvalue weighted by Crippen LogP contribution is -2.32. The molecule has 0 aliphatic heterocycles. The second kappa shape index (κ2) is 8.22. The molecule has 0 spiro atoms. The first-order valence-electron chi connectivity index (χ1n) is 8.33. The molecule has 0 saturated heterocycles. The van der Waals surface area contributed by atoms with E-state index in [0.717, 1.165) is 5.56 Å². The minimum Gasteiger partial charge on any atom is -0.497 e. The van der Waals surface area contributed by atoms with E-state index in [2.05, 4.69) is 10.3 Å². The third-order valence-corrected chi connectivity index (χ3v) is 4.62. The first-order valence-corrected chi connectivity index (χ1v) is 8.71. The van der Waals surface area contributed by atoms with Crippen LogP contribution in [0.5, 0.6) is 5.75 Å². The Labute approximate surface area is 161 Å². The largest absolute Gasteiger partial charge is 0.497 e. The van der Waals surface area contributed by atoms with Gasteiger partial charge in [-0.3, -0.25) is 4.79 Å². The average Bonchev–Trinajstić information content (AvgIpc) is 3.09. The van der Waals surface area contributed by atoms with Crippen LogP contribution in [-0.4, -0.2) is 22.6 Å². The number of benzene rings is 2. The van der Waals surface area contributed by atoms with Gasteiger partial charge in [0.1, 0.15) is 23.4 Å². The van der Waals surface area contributed by atoms with Gasteiger partial charge in [-0.05, 0) is 29.8 Å². The molecule has 1 N–H and O–H groups in total. The summed E-state index contributed by atoms with van der Waals surface area (Å²) in [4.78, 5) is 17.0. The van der Waals surface area contributed by atoms with Crippen molar-refractivity contribution in [2.75, 3.05) is 7.11 Å². The Bertz CT molecular complexity index is 920. The van der Waals surface area contributed by atoms with Crippen molar-refractivity contribution in [2.45, 2.75) is 12.5 Å². The summed E-state index contributed by atoms with van der Waals surface area (Å²) < 4.78 is 21.0. The third-order valence-electron chi connectivity index (χ3n) is 4.27. The van der Waals surface area contributed by atoms with Gasteiger partial charge in [-0.15, -0.1) is 0 Å². The Morgan fingerprint density at radius 2 is 2.04 bits per heavy atom. The Hall–Kier alpha value is -2.86. The van der Waals surface area contributed by atoms with Crippen LogP contribution in [-0.2, 0) is 18.3 Å². The second-order valence-electron chi connectivity index (χ2n) is 6.05. The molecule has 7 heteroatoms. The van der Waals surface area contributed by atoms with Gasteiger partial charge in [0.05, 0.1) is 13.5 Å². The standard InChI is InChI=1S/C20H19ClFN3O2/c1-25-11-10-23-20(25)19(13-6-8-14(27-2)9-7-13)24-18(26)12-15-16(21)4-3-5-17(15)22/h3-11,19H,12H2,1-2H3,(H,24,26)/t19-/m0/s1. The fourth-order valence-electron chi connectivity index (χ4n) is 2.82. The zero-order valence-electron chi connectivity index (χ0n) is 14.9. The van der Waals surface area contributed by atoms with E-state index in [0.29, 0.717) is 11.6 Å². The van der Waals surface area contributed by atoms with Crippen molar-refractivity contribution in [2.24, 2.45) is 7.05 Å². The molecule has 1 atom stereocenters. The molecule has 0 aliphatic rings. The number of aryl methyl sites for hydroxylation is 1. The molecule has 5 nitrogen and oxygen atoms in total. The number of methoxy groups -OCH3 is 1. The van der Waals surface area contributed by atoms with Gasteiger partial charge < -0.3 is 14.6 Å². The molecule has 27 heavy (non-hydrogen) atoms. The van der Waals surface area contributed by atoms with E-state index in [4.69, 9.17) is 16.3 Å². The Kier molecular flexibility index (Phi) is 5.76. The number of amides is 1. The molecular formula is C20H19ClFN3O2. The number of nitrogens with zero attached hydrogens (tertiary/aromatic N) is 2. The highest BCUT2D eigenvalue weighted by atomic mass is 35.5. The van der Waals surface area contributed by atoms with Crippen LogP contribution in [0.15, 0.2) is 54.9 Å². The van der Waals surface area contributed by atoms with Crippen LogP contribution in [0.1, 0.15) is 23.0 Å². The van der Waals surface area contributed by atoms with Crippen molar-refractivity contribution in [3.8, 4) is 5.75 Å². The van der Waals surface area contributed by atoms with Crippen molar-refractivity contribution in [3.05, 3.63) is 82.6 Å². The zero-order valence-corrected chi connectivity index (χ0v) is 15.7. The van der Waals surface area contributed by atoms with E-state index in [1.54, 1.807) is 25.6 Å². The molecule has 0 bridgehead atoms. The monoisotopic (exact) mass is 387 g/mol. The van der Waals surface area contributed by atoms with Gasteiger partial charge in [0.25, 0.3) is 0 Å². The van der Waals surface area contributed by atoms with Gasteiger partial charge in [-0.1, -0.05) is 29.8 Å². The van der Waals surface area contributed by atoms with Crippen molar-refractivity contribution >= 4 is 17.5 Å². The number of nitrogens with one attached hydrogen (secondary N) is 1. The van der Waals surface area contributed by atoms with E-state index in [1.807, 2.05) is 35.9 Å².